The molecule has 3 N–H and O–H groups in total. The summed E-state index contributed by atoms with van der Waals surface area (Å²) >= 11 is 0. The van der Waals surface area contributed by atoms with Crippen molar-refractivity contribution in [1.82, 2.24) is 25.2 Å². The molecule has 7 aliphatic rings. The molecule has 1 aliphatic heterocycles. The molecule has 6 aliphatic carbocycles. The molecule has 0 amide bonds. The summed E-state index contributed by atoms with van der Waals surface area (Å²) in [6.45, 7) is 28.6. The predicted octanol–water partition coefficient (Wildman–Crippen LogP) is 31.7. The lowest BCUT2D eigenvalue weighted by Gasteiger charge is -2.40. The van der Waals surface area contributed by atoms with Gasteiger partial charge in [-0.1, -0.05) is 430 Å². The molecule has 706 valence electrons. The van der Waals surface area contributed by atoms with E-state index in [1.54, 1.807) is 32.9 Å². The first-order valence-electron chi connectivity index (χ1n) is 51.9. The third-order valence-corrected chi connectivity index (χ3v) is 44.6. The van der Waals surface area contributed by atoms with Crippen molar-refractivity contribution in [3.05, 3.63) is 289 Å². The first kappa shape index (κ1) is 104. The Hall–Kier alpha value is -6.99. The summed E-state index contributed by atoms with van der Waals surface area (Å²) in [5.74, 6) is 1.09. The van der Waals surface area contributed by atoms with Gasteiger partial charge in [0.25, 0.3) is 0 Å². The second-order valence-corrected chi connectivity index (χ2v) is 52.9. The Balaban J connectivity index is 0.000000146. The van der Waals surface area contributed by atoms with E-state index in [1.807, 2.05) is 42.5 Å². The molecule has 0 saturated heterocycles. The normalized spacial score (nSPS) is 16.8. The van der Waals surface area contributed by atoms with E-state index in [0.717, 1.165) is 68.3 Å². The number of fused-ring (bicyclic) bond motifs is 1. The van der Waals surface area contributed by atoms with E-state index >= 15 is 0 Å². The number of nitrogens with zero attached hydrogens (tertiary/aromatic N) is 4. The number of aliphatic hydroxyl groups excluding tert-OH is 2. The number of hydrogen-bond donors (Lipinski definition) is 3. The molecule has 132 heavy (non-hydrogen) atoms. The highest BCUT2D eigenvalue weighted by Crippen LogP contribution is 2.60. The van der Waals surface area contributed by atoms with Gasteiger partial charge in [0.2, 0.25) is 0 Å². The van der Waals surface area contributed by atoms with Gasteiger partial charge in [0.15, 0.2) is 0 Å². The Morgan fingerprint density at radius 2 is 0.606 bits per heavy atom. The summed E-state index contributed by atoms with van der Waals surface area (Å²) in [5, 5.41) is 39.6. The van der Waals surface area contributed by atoms with Crippen LogP contribution in [-0.2, 0) is 13.2 Å². The standard InChI is InChI=1S/C31H45P.C26H35O2P.C24H31P.C18H15P.C9H18N2.C6H5N3.C6H15P/c1-22(2)28-20-24(5)21-29(23(3)4)31(28)27-18-12-13-19-30(27)32(25-14-8-6-9-15-25)26-16-10-7-11-17-26;27-18-20-10-9-11-21(19-28)26(20)24-16-7-8-17-25(24)29(22-12-3-1-4-13-22)23-14-5-2-6-15-23;1-4-12-20(13-5-1)23-18-10-11-19-24(23)25(21-14-6-2-7-15-21)22-16-8-3-9-17-22;1-4-10-16(11-5-1)19(17-12-6-2-7-13-17)18-14-8-3-9-15-18;1-8(2)10-5-6-11(7-10)9(3)4;1-2-4-6-5(3-1)7-9-8-6;1-4-7(5-2)6-3/h12-13,18-23,25-26H,6-11,14-17H2,1-5H3;7-11,16-17,22-23,27-28H,1-6,12-15,18-19H2;1,4-5,10-13,18-19,21-22H,2-3,6-9,14-17H2;1-15H;5-6,8-9H,7H2,1-4H3;1-4H,(H,7,8,9);4-6H2,1-3H3. The molecule has 0 spiro atoms. The zero-order chi connectivity index (χ0) is 92.8. The molecule has 12 heteroatoms. The van der Waals surface area contributed by atoms with Gasteiger partial charge in [0.05, 0.1) is 19.9 Å². The van der Waals surface area contributed by atoms with Crippen molar-refractivity contribution >= 4 is 82.5 Å². The van der Waals surface area contributed by atoms with Gasteiger partial charge in [-0.25, -0.2) is 0 Å². The molecule has 1 aromatic heterocycles. The number of aryl methyl sites for hydroxylation is 1. The van der Waals surface area contributed by atoms with Gasteiger partial charge in [-0.3, -0.25) is 0 Å². The topological polar surface area (TPSA) is 88.5 Å². The molecule has 18 rings (SSSR count). The first-order valence-corrected chi connectivity index (χ1v) is 59.6. The predicted molar refractivity (Wildman–Crippen MR) is 587 cm³/mol. The fraction of sp³-hybridized carbons (Fsp3) is 0.483. The smallest absolute Gasteiger partial charge is 0.112 e. The van der Waals surface area contributed by atoms with E-state index in [9.17, 15) is 10.2 Å². The van der Waals surface area contributed by atoms with Crippen molar-refractivity contribution in [3.63, 3.8) is 0 Å². The highest BCUT2D eigenvalue weighted by atomic mass is 31.1. The quantitative estimate of drug-likeness (QED) is 0.0523. The van der Waals surface area contributed by atoms with Crippen LogP contribution >= 0.6 is 39.6 Å². The van der Waals surface area contributed by atoms with E-state index in [-0.39, 0.29) is 37.0 Å². The lowest BCUT2D eigenvalue weighted by molar-refractivity contribution is 0.204. The number of aromatic amines is 1. The number of H-pyrrole nitrogens is 1. The Morgan fingerprint density at radius 3 is 0.894 bits per heavy atom. The minimum atomic E-state index is -0.446. The number of aliphatic hydroxyl groups is 2. The minimum Gasteiger partial charge on any atom is -0.392 e. The lowest BCUT2D eigenvalue weighted by atomic mass is 9.83. The van der Waals surface area contributed by atoms with E-state index in [2.05, 4.69) is 327 Å². The minimum absolute atomic E-state index is 0.0162. The van der Waals surface area contributed by atoms with Crippen molar-refractivity contribution in [1.29, 1.82) is 0 Å². The van der Waals surface area contributed by atoms with Crippen LogP contribution in [-0.4, -0.2) is 107 Å². The fourth-order valence-electron chi connectivity index (χ4n) is 21.7. The molecule has 2 heterocycles. The zero-order valence-electron chi connectivity index (χ0n) is 83.0. The monoisotopic (exact) mass is 1860 g/mol. The maximum Gasteiger partial charge on any atom is 0.112 e. The van der Waals surface area contributed by atoms with Gasteiger partial charge in [-0.05, 0) is 283 Å². The molecule has 0 unspecified atom stereocenters. The van der Waals surface area contributed by atoms with Crippen LogP contribution in [0.1, 0.15) is 308 Å². The van der Waals surface area contributed by atoms with Gasteiger partial charge < -0.3 is 20.0 Å². The van der Waals surface area contributed by atoms with Gasteiger partial charge >= 0.3 is 0 Å². The third kappa shape index (κ3) is 29.8. The average molecular weight is 1860 g/mol. The van der Waals surface area contributed by atoms with Crippen LogP contribution < -0.4 is 31.8 Å². The Morgan fingerprint density at radius 1 is 0.326 bits per heavy atom. The Kier molecular flexibility index (Phi) is 44.1. The maximum atomic E-state index is 10.1. The highest BCUT2D eigenvalue weighted by molar-refractivity contribution is 7.79. The molecule has 11 aromatic rings. The van der Waals surface area contributed by atoms with Crippen LogP contribution in [0.2, 0.25) is 0 Å². The van der Waals surface area contributed by atoms with Gasteiger partial charge in [0, 0.05) is 24.5 Å². The molecule has 10 aromatic carbocycles. The average Bonchev–Trinajstić information content (AvgIpc) is 0.801. The SMILES string of the molecule is CC(C)N1C=CN(C(C)C)C1.CCP(CC)CC.Cc1cc(C(C)C)c(-c2ccccc2P(C2CCCCC2)C2CCCCC2)c(C(C)C)c1.OCc1cccc(CO)c1-c1ccccc1P(C1CCCCC1)C1CCCCC1.c1ccc(-c2ccccc2P(C2CCCCC2)C2CCCCC2)cc1.c1ccc(P(c2ccccc2)c2ccccc2)cc1.c1ccc2n[nH]nc2c1. The third-order valence-electron chi connectivity index (χ3n) is 28.9. The number of hydrogen-bond acceptors (Lipinski definition) is 6. The molecule has 6 fully saturated rings. The van der Waals surface area contributed by atoms with E-state index in [0.29, 0.717) is 31.8 Å². The Labute approximate surface area is 806 Å². The highest BCUT2D eigenvalue weighted by Gasteiger charge is 2.38. The Bertz CT molecular complexity index is 4830. The maximum absolute atomic E-state index is 10.1. The second kappa shape index (κ2) is 56.0. The zero-order valence-corrected chi connectivity index (χ0v) is 87.4. The van der Waals surface area contributed by atoms with Crippen LogP contribution in [0.3, 0.4) is 0 Å². The van der Waals surface area contributed by atoms with Gasteiger partial charge in [0.1, 0.15) is 11.0 Å². The number of nitrogens with one attached hydrogen (secondary N) is 1. The first-order chi connectivity index (χ1) is 64.6. The van der Waals surface area contributed by atoms with Crippen LogP contribution in [0, 0.1) is 6.92 Å². The summed E-state index contributed by atoms with van der Waals surface area (Å²) in [6, 6.07) is 91.3. The molecule has 6 saturated carbocycles. The van der Waals surface area contributed by atoms with Crippen molar-refractivity contribution in [2.75, 3.05) is 25.2 Å². The summed E-state index contributed by atoms with van der Waals surface area (Å²) < 4.78 is 0. The second-order valence-electron chi connectivity index (χ2n) is 39.2. The van der Waals surface area contributed by atoms with E-state index < -0.39 is 7.92 Å². The van der Waals surface area contributed by atoms with Crippen LogP contribution in [0.25, 0.3) is 44.4 Å². The fourth-order valence-corrected chi connectivity index (χ4v) is 37.2. The summed E-state index contributed by atoms with van der Waals surface area (Å²) in [6.07, 6.45) is 51.7. The van der Waals surface area contributed by atoms with Crippen LogP contribution in [0.5, 0.6) is 0 Å². The lowest BCUT2D eigenvalue weighted by Crippen LogP contribution is -2.33. The molecule has 0 bridgehead atoms. The molecular weight excluding hydrogens is 1700 g/mol. The van der Waals surface area contributed by atoms with Crippen LogP contribution in [0.4, 0.5) is 0 Å². The molecule has 0 atom stereocenters. The summed E-state index contributed by atoms with van der Waals surface area (Å²) in [4.78, 5) is 4.67. The molecule has 0 radical (unpaired) electrons. The number of para-hydroxylation sites is 2. The summed E-state index contributed by atoms with van der Waals surface area (Å²) in [5.41, 5.74) is 22.2. The van der Waals surface area contributed by atoms with E-state index in [1.165, 1.54) is 255 Å². The van der Waals surface area contributed by atoms with E-state index in [4.69, 9.17) is 0 Å². The number of rotatable bonds is 24. The van der Waals surface area contributed by atoms with Crippen molar-refractivity contribution in [2.45, 2.75) is 347 Å². The van der Waals surface area contributed by atoms with Crippen molar-refractivity contribution in [3.8, 4) is 33.4 Å². The number of aromatic nitrogens is 3. The molecular formula is C120H164N5O2P5. The van der Waals surface area contributed by atoms with Crippen LogP contribution in [0.15, 0.2) is 261 Å². The van der Waals surface area contributed by atoms with Gasteiger partial charge in [-0.2, -0.15) is 15.4 Å². The number of benzene rings is 10. The van der Waals surface area contributed by atoms with Gasteiger partial charge in [-0.15, -0.1) is 7.92 Å². The van der Waals surface area contributed by atoms with Crippen molar-refractivity contribution < 1.29 is 10.2 Å². The largest absolute Gasteiger partial charge is 0.392 e. The molecule has 7 nitrogen and oxygen atoms in total. The summed E-state index contributed by atoms with van der Waals surface area (Å²) in [7, 11) is -0.379. The van der Waals surface area contributed by atoms with Crippen molar-refractivity contribution in [2.24, 2.45) is 0 Å².